The van der Waals surface area contributed by atoms with Gasteiger partial charge in [0.25, 0.3) is 11.5 Å². The Morgan fingerprint density at radius 3 is 2.76 bits per heavy atom. The normalized spacial score (nSPS) is 20.5. The third kappa shape index (κ3) is 3.05. The molecule has 0 bridgehead atoms. The lowest BCUT2D eigenvalue weighted by atomic mass is 9.91. The van der Waals surface area contributed by atoms with Crippen molar-refractivity contribution < 1.29 is 4.79 Å². The molecule has 3 aromatic heterocycles. The molecule has 1 saturated carbocycles. The van der Waals surface area contributed by atoms with Crippen molar-refractivity contribution in [2.24, 2.45) is 0 Å². The Labute approximate surface area is 144 Å². The SMILES string of the molecule is O=C(NC1CCC(n2ncccc2=O)CC1)c1c[nH]c2ncccc12. The predicted octanol–water partition coefficient (Wildman–Crippen LogP) is 2.03. The molecule has 0 atom stereocenters. The molecule has 1 fully saturated rings. The number of fused-ring (bicyclic) bond motifs is 1. The number of aromatic amines is 1. The Morgan fingerprint density at radius 1 is 1.16 bits per heavy atom. The van der Waals surface area contributed by atoms with Gasteiger partial charge >= 0.3 is 0 Å². The highest BCUT2D eigenvalue weighted by Crippen LogP contribution is 2.27. The lowest BCUT2D eigenvalue weighted by Crippen LogP contribution is -2.39. The standard InChI is InChI=1S/C18H19N5O2/c24-16-4-2-10-21-23(16)13-7-5-12(6-8-13)22-18(25)15-11-20-17-14(15)3-1-9-19-17/h1-4,9-13H,5-8H2,(H,19,20)(H,22,25). The summed E-state index contributed by atoms with van der Waals surface area (Å²) in [4.78, 5) is 31.7. The van der Waals surface area contributed by atoms with E-state index in [4.69, 9.17) is 0 Å². The van der Waals surface area contributed by atoms with Crippen LogP contribution >= 0.6 is 0 Å². The molecule has 128 valence electrons. The minimum Gasteiger partial charge on any atom is -0.349 e. The van der Waals surface area contributed by atoms with Gasteiger partial charge in [0, 0.05) is 36.1 Å². The first-order valence-electron chi connectivity index (χ1n) is 8.49. The molecule has 4 rings (SSSR count). The topological polar surface area (TPSA) is 92.7 Å². The summed E-state index contributed by atoms with van der Waals surface area (Å²) in [5.41, 5.74) is 1.26. The second kappa shape index (κ2) is 6.51. The van der Waals surface area contributed by atoms with E-state index >= 15 is 0 Å². The second-order valence-electron chi connectivity index (χ2n) is 6.39. The molecule has 25 heavy (non-hydrogen) atoms. The maximum Gasteiger partial charge on any atom is 0.266 e. The van der Waals surface area contributed by atoms with Crippen LogP contribution in [0.2, 0.25) is 0 Å². The zero-order valence-electron chi connectivity index (χ0n) is 13.7. The second-order valence-corrected chi connectivity index (χ2v) is 6.39. The van der Waals surface area contributed by atoms with E-state index in [-0.39, 0.29) is 23.6 Å². The third-order valence-electron chi connectivity index (χ3n) is 4.82. The van der Waals surface area contributed by atoms with Gasteiger partial charge in [0.2, 0.25) is 0 Å². The minimum atomic E-state index is -0.0855. The van der Waals surface area contributed by atoms with Crippen molar-refractivity contribution in [2.45, 2.75) is 37.8 Å². The van der Waals surface area contributed by atoms with E-state index in [2.05, 4.69) is 20.4 Å². The third-order valence-corrected chi connectivity index (χ3v) is 4.82. The molecule has 1 aliphatic rings. The molecule has 0 radical (unpaired) electrons. The first-order chi connectivity index (χ1) is 12.2. The molecule has 1 amide bonds. The van der Waals surface area contributed by atoms with Crippen LogP contribution in [0.15, 0.2) is 47.7 Å². The average molecular weight is 337 g/mol. The quantitative estimate of drug-likeness (QED) is 0.765. The van der Waals surface area contributed by atoms with Gasteiger partial charge < -0.3 is 10.3 Å². The number of hydrogen-bond donors (Lipinski definition) is 2. The number of carbonyl (C=O) groups is 1. The molecule has 0 aliphatic heterocycles. The molecule has 1 aliphatic carbocycles. The number of aromatic nitrogens is 4. The van der Waals surface area contributed by atoms with Crippen LogP contribution in [0.5, 0.6) is 0 Å². The van der Waals surface area contributed by atoms with E-state index in [9.17, 15) is 9.59 Å². The highest BCUT2D eigenvalue weighted by Gasteiger charge is 2.25. The van der Waals surface area contributed by atoms with Gasteiger partial charge in [0.15, 0.2) is 0 Å². The van der Waals surface area contributed by atoms with E-state index in [1.54, 1.807) is 29.3 Å². The van der Waals surface area contributed by atoms with Crippen LogP contribution in [0, 0.1) is 0 Å². The van der Waals surface area contributed by atoms with E-state index in [0.717, 1.165) is 31.1 Å². The van der Waals surface area contributed by atoms with E-state index < -0.39 is 0 Å². The Balaban J connectivity index is 1.41. The van der Waals surface area contributed by atoms with Crippen molar-refractivity contribution in [2.75, 3.05) is 0 Å². The summed E-state index contributed by atoms with van der Waals surface area (Å²) in [7, 11) is 0. The van der Waals surface area contributed by atoms with Crippen LogP contribution in [0.3, 0.4) is 0 Å². The molecule has 0 saturated heterocycles. The van der Waals surface area contributed by atoms with Gasteiger partial charge in [-0.2, -0.15) is 5.10 Å². The van der Waals surface area contributed by atoms with Gasteiger partial charge in [-0.3, -0.25) is 9.59 Å². The molecule has 7 heteroatoms. The van der Waals surface area contributed by atoms with Gasteiger partial charge in [-0.1, -0.05) is 0 Å². The van der Waals surface area contributed by atoms with Crippen LogP contribution in [-0.4, -0.2) is 31.7 Å². The fourth-order valence-corrected chi connectivity index (χ4v) is 3.51. The fraction of sp³-hybridized carbons (Fsp3) is 0.333. The average Bonchev–Trinajstić information content (AvgIpc) is 3.07. The monoisotopic (exact) mass is 337 g/mol. The lowest BCUT2D eigenvalue weighted by molar-refractivity contribution is 0.0923. The maximum absolute atomic E-state index is 12.6. The first kappa shape index (κ1) is 15.6. The molecule has 0 unspecified atom stereocenters. The number of rotatable bonds is 3. The number of nitrogens with zero attached hydrogens (tertiary/aromatic N) is 3. The van der Waals surface area contributed by atoms with Crippen LogP contribution in [0.4, 0.5) is 0 Å². The Morgan fingerprint density at radius 2 is 1.96 bits per heavy atom. The predicted molar refractivity (Wildman–Crippen MR) is 93.3 cm³/mol. The van der Waals surface area contributed by atoms with Gasteiger partial charge in [0.05, 0.1) is 11.6 Å². The lowest BCUT2D eigenvalue weighted by Gasteiger charge is -2.29. The fourth-order valence-electron chi connectivity index (χ4n) is 3.51. The maximum atomic E-state index is 12.6. The van der Waals surface area contributed by atoms with Gasteiger partial charge in [-0.05, 0) is 43.9 Å². The van der Waals surface area contributed by atoms with Crippen LogP contribution in [-0.2, 0) is 0 Å². The Bertz CT molecular complexity index is 953. The van der Waals surface area contributed by atoms with Crippen molar-refractivity contribution in [3.63, 3.8) is 0 Å². The molecule has 7 nitrogen and oxygen atoms in total. The van der Waals surface area contributed by atoms with Gasteiger partial charge in [-0.15, -0.1) is 0 Å². The van der Waals surface area contributed by atoms with Gasteiger partial charge in [-0.25, -0.2) is 9.67 Å². The summed E-state index contributed by atoms with van der Waals surface area (Å²) in [5, 5.41) is 8.10. The Kier molecular flexibility index (Phi) is 4.05. The number of pyridine rings is 1. The molecule has 0 aromatic carbocycles. The molecule has 3 aromatic rings. The summed E-state index contributed by atoms with van der Waals surface area (Å²) >= 11 is 0. The molecular formula is C18H19N5O2. The molecular weight excluding hydrogens is 318 g/mol. The van der Waals surface area contributed by atoms with Crippen molar-refractivity contribution in [3.05, 3.63) is 58.8 Å². The van der Waals surface area contributed by atoms with E-state index in [1.807, 2.05) is 12.1 Å². The van der Waals surface area contributed by atoms with Crippen molar-refractivity contribution in [3.8, 4) is 0 Å². The summed E-state index contributed by atoms with van der Waals surface area (Å²) in [6, 6.07) is 7.12. The van der Waals surface area contributed by atoms with Crippen molar-refractivity contribution in [1.29, 1.82) is 0 Å². The first-order valence-corrected chi connectivity index (χ1v) is 8.49. The number of nitrogens with one attached hydrogen (secondary N) is 2. The summed E-state index contributed by atoms with van der Waals surface area (Å²) in [6.07, 6.45) is 8.36. The van der Waals surface area contributed by atoms with Crippen molar-refractivity contribution in [1.82, 2.24) is 25.1 Å². The molecule has 3 heterocycles. The smallest absolute Gasteiger partial charge is 0.266 e. The van der Waals surface area contributed by atoms with Crippen LogP contribution in [0.25, 0.3) is 11.0 Å². The van der Waals surface area contributed by atoms with Gasteiger partial charge in [0.1, 0.15) is 5.65 Å². The van der Waals surface area contributed by atoms with E-state index in [1.165, 1.54) is 6.07 Å². The number of carbonyl (C=O) groups excluding carboxylic acids is 1. The highest BCUT2D eigenvalue weighted by molar-refractivity contribution is 6.05. The van der Waals surface area contributed by atoms with Crippen molar-refractivity contribution >= 4 is 16.9 Å². The van der Waals surface area contributed by atoms with E-state index in [0.29, 0.717) is 11.2 Å². The number of hydrogen-bond acceptors (Lipinski definition) is 4. The summed E-state index contributed by atoms with van der Waals surface area (Å²) in [5.74, 6) is -0.0855. The summed E-state index contributed by atoms with van der Waals surface area (Å²) < 4.78 is 1.56. The minimum absolute atomic E-state index is 0.0683. The highest BCUT2D eigenvalue weighted by atomic mass is 16.2. The summed E-state index contributed by atoms with van der Waals surface area (Å²) in [6.45, 7) is 0. The van der Waals surface area contributed by atoms with Crippen LogP contribution < -0.4 is 10.9 Å². The largest absolute Gasteiger partial charge is 0.349 e. The zero-order chi connectivity index (χ0) is 17.2. The molecule has 0 spiro atoms. The Hall–Kier alpha value is -2.96. The zero-order valence-corrected chi connectivity index (χ0v) is 13.7. The molecule has 2 N–H and O–H groups in total. The number of H-pyrrole nitrogens is 1. The number of amides is 1. The van der Waals surface area contributed by atoms with Crippen LogP contribution in [0.1, 0.15) is 42.1 Å².